The molecule has 1 aromatic heterocycles. The average Bonchev–Trinajstić information content (AvgIpc) is 2.83. The molecule has 104 valence electrons. The molecule has 0 atom stereocenters. The first-order valence-electron chi connectivity index (χ1n) is 5.55. The number of carbonyl (C=O) groups excluding carboxylic acids is 1. The summed E-state index contributed by atoms with van der Waals surface area (Å²) in [6, 6.07) is 9.17. The van der Waals surface area contributed by atoms with Gasteiger partial charge in [-0.1, -0.05) is 0 Å². The van der Waals surface area contributed by atoms with E-state index >= 15 is 0 Å². The second-order valence-corrected chi connectivity index (χ2v) is 6.37. The summed E-state index contributed by atoms with van der Waals surface area (Å²) in [5.41, 5.74) is 0.416. The molecule has 0 radical (unpaired) electrons. The number of carbonyl (C=O) groups is 2. The van der Waals surface area contributed by atoms with Crippen molar-refractivity contribution in [1.82, 2.24) is 0 Å². The quantitative estimate of drug-likeness (QED) is 0.883. The lowest BCUT2D eigenvalue weighted by molar-refractivity contribution is -0.135. The lowest BCUT2D eigenvalue weighted by Gasteiger charge is -2.20. The van der Waals surface area contributed by atoms with Crippen LogP contribution in [-0.4, -0.2) is 28.6 Å². The number of phenols is 1. The summed E-state index contributed by atoms with van der Waals surface area (Å²) >= 11 is 4.50. The third-order valence-corrected chi connectivity index (χ3v) is 4.10. The third-order valence-electron chi connectivity index (χ3n) is 2.48. The highest BCUT2D eigenvalue weighted by molar-refractivity contribution is 9.11. The summed E-state index contributed by atoms with van der Waals surface area (Å²) < 4.78 is 0.793. The fraction of sp³-hybridized carbons (Fsp3) is 0.0769. The van der Waals surface area contributed by atoms with E-state index < -0.39 is 18.4 Å². The number of benzene rings is 1. The van der Waals surface area contributed by atoms with Crippen LogP contribution in [0, 0.1) is 0 Å². The predicted octanol–water partition coefficient (Wildman–Crippen LogP) is 2.95. The van der Waals surface area contributed by atoms with Gasteiger partial charge in [0.1, 0.15) is 12.3 Å². The van der Waals surface area contributed by atoms with Gasteiger partial charge in [-0.25, -0.2) is 0 Å². The van der Waals surface area contributed by atoms with Crippen molar-refractivity contribution in [2.75, 3.05) is 11.4 Å². The van der Waals surface area contributed by atoms with Gasteiger partial charge in [-0.05, 0) is 52.3 Å². The zero-order chi connectivity index (χ0) is 14.7. The maximum Gasteiger partial charge on any atom is 0.323 e. The first-order valence-corrected chi connectivity index (χ1v) is 7.16. The van der Waals surface area contributed by atoms with Gasteiger partial charge in [-0.15, -0.1) is 11.3 Å². The fourth-order valence-electron chi connectivity index (χ4n) is 1.61. The molecule has 0 bridgehead atoms. The van der Waals surface area contributed by atoms with Crippen LogP contribution in [0.2, 0.25) is 0 Å². The molecule has 0 aliphatic carbocycles. The van der Waals surface area contributed by atoms with E-state index in [-0.39, 0.29) is 5.75 Å². The summed E-state index contributed by atoms with van der Waals surface area (Å²) in [5.74, 6) is -1.45. The van der Waals surface area contributed by atoms with Crippen molar-refractivity contribution in [2.45, 2.75) is 0 Å². The Morgan fingerprint density at radius 2 is 1.80 bits per heavy atom. The molecular weight excluding hydrogens is 346 g/mol. The minimum absolute atomic E-state index is 0.0512. The van der Waals surface area contributed by atoms with E-state index in [4.69, 9.17) is 5.11 Å². The Morgan fingerprint density at radius 3 is 2.30 bits per heavy atom. The van der Waals surface area contributed by atoms with E-state index in [9.17, 15) is 14.7 Å². The number of phenolic OH excluding ortho intramolecular Hbond substituents is 1. The fourth-order valence-corrected chi connectivity index (χ4v) is 2.95. The minimum Gasteiger partial charge on any atom is -0.508 e. The zero-order valence-corrected chi connectivity index (χ0v) is 12.5. The number of hydrogen-bond acceptors (Lipinski definition) is 4. The maximum absolute atomic E-state index is 12.4. The van der Waals surface area contributed by atoms with Crippen molar-refractivity contribution >= 4 is 44.8 Å². The number of carboxylic acids is 1. The molecule has 0 aliphatic heterocycles. The van der Waals surface area contributed by atoms with Gasteiger partial charge < -0.3 is 10.2 Å². The van der Waals surface area contributed by atoms with Crippen LogP contribution in [0.15, 0.2) is 40.2 Å². The highest BCUT2D eigenvalue weighted by Gasteiger charge is 2.21. The SMILES string of the molecule is O=C(O)CN(C(=O)c1ccc(Br)s1)c1ccc(O)cc1. The maximum atomic E-state index is 12.4. The molecule has 0 unspecified atom stereocenters. The second kappa shape index (κ2) is 6.06. The number of anilines is 1. The molecule has 1 aromatic carbocycles. The van der Waals surface area contributed by atoms with Gasteiger partial charge >= 0.3 is 5.97 Å². The molecule has 1 heterocycles. The number of amides is 1. The van der Waals surface area contributed by atoms with E-state index in [1.54, 1.807) is 12.1 Å². The van der Waals surface area contributed by atoms with Crippen LogP contribution >= 0.6 is 27.3 Å². The lowest BCUT2D eigenvalue weighted by Crippen LogP contribution is -2.35. The van der Waals surface area contributed by atoms with Crippen molar-refractivity contribution in [3.05, 3.63) is 45.1 Å². The molecule has 0 saturated carbocycles. The molecule has 7 heteroatoms. The number of rotatable bonds is 4. The lowest BCUT2D eigenvalue weighted by atomic mass is 10.2. The van der Waals surface area contributed by atoms with E-state index in [0.717, 1.165) is 8.69 Å². The van der Waals surface area contributed by atoms with Crippen LogP contribution in [0.4, 0.5) is 5.69 Å². The van der Waals surface area contributed by atoms with Gasteiger partial charge in [0.25, 0.3) is 5.91 Å². The summed E-state index contributed by atoms with van der Waals surface area (Å²) in [4.78, 5) is 24.9. The summed E-state index contributed by atoms with van der Waals surface area (Å²) in [7, 11) is 0. The molecule has 2 N–H and O–H groups in total. The van der Waals surface area contributed by atoms with Gasteiger partial charge in [0, 0.05) is 5.69 Å². The van der Waals surface area contributed by atoms with Gasteiger partial charge in [0.05, 0.1) is 8.66 Å². The number of halogens is 1. The molecule has 0 aliphatic rings. The normalized spacial score (nSPS) is 10.2. The van der Waals surface area contributed by atoms with Crippen LogP contribution < -0.4 is 4.90 Å². The molecular formula is C13H10BrNO4S. The van der Waals surface area contributed by atoms with E-state index in [1.807, 2.05) is 0 Å². The summed E-state index contributed by atoms with van der Waals surface area (Å²) in [5, 5.41) is 18.2. The highest BCUT2D eigenvalue weighted by atomic mass is 79.9. The number of hydrogen-bond donors (Lipinski definition) is 2. The van der Waals surface area contributed by atoms with Crippen LogP contribution in [0.5, 0.6) is 5.75 Å². The van der Waals surface area contributed by atoms with Gasteiger partial charge in [0.15, 0.2) is 0 Å². The van der Waals surface area contributed by atoms with Gasteiger partial charge in [-0.3, -0.25) is 14.5 Å². The number of thiophene rings is 1. The average molecular weight is 356 g/mol. The Bertz CT molecular complexity index is 638. The van der Waals surface area contributed by atoms with Crippen LogP contribution in [0.1, 0.15) is 9.67 Å². The largest absolute Gasteiger partial charge is 0.508 e. The Balaban J connectivity index is 2.34. The number of aliphatic carboxylic acids is 1. The molecule has 2 aromatic rings. The monoisotopic (exact) mass is 355 g/mol. The first kappa shape index (κ1) is 14.5. The van der Waals surface area contributed by atoms with E-state index in [0.29, 0.717) is 10.6 Å². The predicted molar refractivity (Wildman–Crippen MR) is 79.4 cm³/mol. The number of nitrogens with zero attached hydrogens (tertiary/aromatic N) is 1. The standard InChI is InChI=1S/C13H10BrNO4S/c14-11-6-5-10(20-11)13(19)15(7-12(17)18)8-1-3-9(16)4-2-8/h1-6,16H,7H2,(H,17,18). The Kier molecular flexibility index (Phi) is 4.41. The Morgan fingerprint density at radius 1 is 1.15 bits per heavy atom. The topological polar surface area (TPSA) is 77.8 Å². The van der Waals surface area contributed by atoms with E-state index in [1.165, 1.54) is 35.6 Å². The number of carboxylic acid groups (broad SMARTS) is 1. The summed E-state index contributed by atoms with van der Waals surface area (Å²) in [6.07, 6.45) is 0. The zero-order valence-electron chi connectivity index (χ0n) is 10.1. The molecule has 20 heavy (non-hydrogen) atoms. The highest BCUT2D eigenvalue weighted by Crippen LogP contribution is 2.26. The molecule has 5 nitrogen and oxygen atoms in total. The summed E-state index contributed by atoms with van der Waals surface area (Å²) in [6.45, 7) is -0.445. The van der Waals surface area contributed by atoms with Crippen molar-refractivity contribution in [3.63, 3.8) is 0 Å². The van der Waals surface area contributed by atoms with Crippen molar-refractivity contribution in [3.8, 4) is 5.75 Å². The third kappa shape index (κ3) is 3.37. The molecule has 0 fully saturated rings. The number of aromatic hydroxyl groups is 1. The Hall–Kier alpha value is -1.86. The molecule has 0 spiro atoms. The minimum atomic E-state index is -1.11. The van der Waals surface area contributed by atoms with Crippen molar-refractivity contribution in [2.24, 2.45) is 0 Å². The van der Waals surface area contributed by atoms with Crippen molar-refractivity contribution < 1.29 is 19.8 Å². The molecule has 1 amide bonds. The van der Waals surface area contributed by atoms with Crippen LogP contribution in [0.3, 0.4) is 0 Å². The Labute approximate surface area is 127 Å². The smallest absolute Gasteiger partial charge is 0.323 e. The van der Waals surface area contributed by atoms with Crippen LogP contribution in [-0.2, 0) is 4.79 Å². The second-order valence-electron chi connectivity index (χ2n) is 3.91. The molecule has 2 rings (SSSR count). The van der Waals surface area contributed by atoms with Gasteiger partial charge in [-0.2, -0.15) is 0 Å². The van der Waals surface area contributed by atoms with Gasteiger partial charge in [0.2, 0.25) is 0 Å². The van der Waals surface area contributed by atoms with Crippen LogP contribution in [0.25, 0.3) is 0 Å². The molecule has 0 saturated heterocycles. The van der Waals surface area contributed by atoms with E-state index in [2.05, 4.69) is 15.9 Å². The first-order chi connectivity index (χ1) is 9.47. The van der Waals surface area contributed by atoms with Crippen molar-refractivity contribution in [1.29, 1.82) is 0 Å².